The van der Waals surface area contributed by atoms with Crippen molar-refractivity contribution >= 4 is 21.6 Å². The lowest BCUT2D eigenvalue weighted by molar-refractivity contribution is -0.119. The molecule has 0 atom stereocenters. The molecule has 0 unspecified atom stereocenters. The second-order valence-corrected chi connectivity index (χ2v) is 4.26. The largest absolute Gasteiger partial charge is 0.405 e. The van der Waals surface area contributed by atoms with Crippen LogP contribution >= 0.6 is 15.9 Å². The van der Waals surface area contributed by atoms with E-state index in [2.05, 4.69) is 15.9 Å². The first-order valence-electron chi connectivity index (χ1n) is 4.88. The average molecular weight is 307 g/mol. The first-order valence-corrected chi connectivity index (χ1v) is 5.68. The van der Waals surface area contributed by atoms with Gasteiger partial charge in [0.2, 0.25) is 0 Å². The zero-order chi connectivity index (χ0) is 13.1. The SMILES string of the molecule is CCN(CC(F)(F)F)c1ccc(C#N)c(Br)c1. The van der Waals surface area contributed by atoms with E-state index in [1.165, 1.54) is 23.1 Å². The third-order valence-corrected chi connectivity index (χ3v) is 2.85. The predicted octanol–water partition coefficient (Wildman–Crippen LogP) is 3.71. The van der Waals surface area contributed by atoms with Crippen LogP contribution in [0.4, 0.5) is 18.9 Å². The average Bonchev–Trinajstić information content (AvgIpc) is 2.24. The molecule has 0 aliphatic carbocycles. The van der Waals surface area contributed by atoms with E-state index in [1.807, 2.05) is 6.07 Å². The summed E-state index contributed by atoms with van der Waals surface area (Å²) in [6.07, 6.45) is -4.24. The van der Waals surface area contributed by atoms with Crippen molar-refractivity contribution in [3.63, 3.8) is 0 Å². The molecular formula is C11H10BrF3N2. The minimum Gasteiger partial charge on any atom is -0.363 e. The van der Waals surface area contributed by atoms with Crippen molar-refractivity contribution in [1.82, 2.24) is 0 Å². The van der Waals surface area contributed by atoms with Crippen LogP contribution < -0.4 is 4.90 Å². The van der Waals surface area contributed by atoms with Crippen molar-refractivity contribution in [1.29, 1.82) is 5.26 Å². The lowest BCUT2D eigenvalue weighted by Gasteiger charge is -2.24. The Morgan fingerprint density at radius 3 is 2.47 bits per heavy atom. The quantitative estimate of drug-likeness (QED) is 0.851. The normalized spacial score (nSPS) is 11.1. The number of anilines is 1. The number of hydrogen-bond donors (Lipinski definition) is 0. The molecular weight excluding hydrogens is 297 g/mol. The van der Waals surface area contributed by atoms with E-state index in [0.717, 1.165) is 0 Å². The Hall–Kier alpha value is -1.22. The Morgan fingerprint density at radius 1 is 1.41 bits per heavy atom. The maximum Gasteiger partial charge on any atom is 0.405 e. The maximum atomic E-state index is 12.3. The Bertz CT molecular complexity index is 437. The topological polar surface area (TPSA) is 27.0 Å². The van der Waals surface area contributed by atoms with E-state index in [4.69, 9.17) is 5.26 Å². The summed E-state index contributed by atoms with van der Waals surface area (Å²) >= 11 is 3.15. The van der Waals surface area contributed by atoms with Gasteiger partial charge in [0.1, 0.15) is 12.6 Å². The first kappa shape index (κ1) is 13.8. The van der Waals surface area contributed by atoms with Crippen LogP contribution in [0.5, 0.6) is 0 Å². The fourth-order valence-corrected chi connectivity index (χ4v) is 1.85. The van der Waals surface area contributed by atoms with E-state index in [1.54, 1.807) is 6.92 Å². The number of halogens is 4. The molecule has 2 nitrogen and oxygen atoms in total. The van der Waals surface area contributed by atoms with Gasteiger partial charge in [-0.1, -0.05) is 0 Å². The molecule has 0 aliphatic heterocycles. The van der Waals surface area contributed by atoms with Gasteiger partial charge < -0.3 is 4.90 Å². The number of benzene rings is 1. The van der Waals surface area contributed by atoms with Gasteiger partial charge in [-0.05, 0) is 41.1 Å². The Morgan fingerprint density at radius 2 is 2.06 bits per heavy atom. The van der Waals surface area contributed by atoms with Gasteiger partial charge in [0.25, 0.3) is 0 Å². The molecule has 0 fully saturated rings. The van der Waals surface area contributed by atoms with Gasteiger partial charge in [-0.25, -0.2) is 0 Å². The smallest absolute Gasteiger partial charge is 0.363 e. The number of rotatable bonds is 3. The molecule has 0 N–H and O–H groups in total. The highest BCUT2D eigenvalue weighted by atomic mass is 79.9. The summed E-state index contributed by atoms with van der Waals surface area (Å²) in [4.78, 5) is 1.20. The van der Waals surface area contributed by atoms with Crippen molar-refractivity contribution in [2.24, 2.45) is 0 Å². The molecule has 0 saturated heterocycles. The molecule has 6 heteroatoms. The van der Waals surface area contributed by atoms with Gasteiger partial charge in [-0.15, -0.1) is 0 Å². The standard InChI is InChI=1S/C11H10BrF3N2/c1-2-17(7-11(13,14)15)9-4-3-8(6-16)10(12)5-9/h3-5H,2,7H2,1H3. The van der Waals surface area contributed by atoms with Crippen molar-refractivity contribution in [2.45, 2.75) is 13.1 Å². The van der Waals surface area contributed by atoms with Crippen LogP contribution in [0.2, 0.25) is 0 Å². The third-order valence-electron chi connectivity index (χ3n) is 2.19. The summed E-state index contributed by atoms with van der Waals surface area (Å²) in [7, 11) is 0. The Kier molecular flexibility index (Phi) is 4.40. The van der Waals surface area contributed by atoms with E-state index in [9.17, 15) is 13.2 Å². The molecule has 0 bridgehead atoms. The summed E-state index contributed by atoms with van der Waals surface area (Å²) < 4.78 is 37.5. The molecule has 0 heterocycles. The summed E-state index contributed by atoms with van der Waals surface area (Å²) in [5.41, 5.74) is 0.840. The van der Waals surface area contributed by atoms with Crippen LogP contribution in [-0.2, 0) is 0 Å². The van der Waals surface area contributed by atoms with Crippen molar-refractivity contribution in [2.75, 3.05) is 18.0 Å². The summed E-state index contributed by atoms with van der Waals surface area (Å²) in [6.45, 7) is 0.900. The number of hydrogen-bond acceptors (Lipinski definition) is 2. The molecule has 92 valence electrons. The van der Waals surface area contributed by atoms with E-state index in [0.29, 0.717) is 15.7 Å². The van der Waals surface area contributed by atoms with Crippen LogP contribution in [0.15, 0.2) is 22.7 Å². The molecule has 0 saturated carbocycles. The molecule has 0 aromatic heterocycles. The zero-order valence-electron chi connectivity index (χ0n) is 9.05. The second-order valence-electron chi connectivity index (χ2n) is 3.41. The lowest BCUT2D eigenvalue weighted by atomic mass is 10.2. The number of nitrogens with zero attached hydrogens (tertiary/aromatic N) is 2. The zero-order valence-corrected chi connectivity index (χ0v) is 10.6. The predicted molar refractivity (Wildman–Crippen MR) is 62.8 cm³/mol. The van der Waals surface area contributed by atoms with Gasteiger partial charge in [0.05, 0.1) is 5.56 Å². The molecule has 0 aliphatic rings. The number of nitriles is 1. The minimum absolute atomic E-state index is 0.248. The van der Waals surface area contributed by atoms with Crippen LogP contribution in [0.3, 0.4) is 0 Å². The van der Waals surface area contributed by atoms with Crippen LogP contribution in [0.25, 0.3) is 0 Å². The Balaban J connectivity index is 2.98. The fraction of sp³-hybridized carbons (Fsp3) is 0.364. The fourth-order valence-electron chi connectivity index (χ4n) is 1.39. The summed E-state index contributed by atoms with van der Waals surface area (Å²) in [5, 5.41) is 8.72. The van der Waals surface area contributed by atoms with Gasteiger partial charge in [0.15, 0.2) is 0 Å². The lowest BCUT2D eigenvalue weighted by Crippen LogP contribution is -2.34. The van der Waals surface area contributed by atoms with Gasteiger partial charge in [-0.3, -0.25) is 0 Å². The molecule has 0 spiro atoms. The molecule has 1 aromatic carbocycles. The van der Waals surface area contributed by atoms with Crippen LogP contribution in [0, 0.1) is 11.3 Å². The van der Waals surface area contributed by atoms with Gasteiger partial charge in [0, 0.05) is 16.7 Å². The van der Waals surface area contributed by atoms with Crippen molar-refractivity contribution in [3.8, 4) is 6.07 Å². The Labute approximate surface area is 106 Å². The maximum absolute atomic E-state index is 12.3. The van der Waals surface area contributed by atoms with E-state index < -0.39 is 12.7 Å². The van der Waals surface area contributed by atoms with Crippen molar-refractivity contribution < 1.29 is 13.2 Å². The van der Waals surface area contributed by atoms with Crippen LogP contribution in [-0.4, -0.2) is 19.3 Å². The highest BCUT2D eigenvalue weighted by molar-refractivity contribution is 9.10. The first-order chi connectivity index (χ1) is 7.87. The van der Waals surface area contributed by atoms with Crippen LogP contribution in [0.1, 0.15) is 12.5 Å². The molecule has 0 amide bonds. The summed E-state index contributed by atoms with van der Waals surface area (Å²) in [6, 6.07) is 6.47. The monoisotopic (exact) mass is 306 g/mol. The number of alkyl halides is 3. The molecule has 1 aromatic rings. The second kappa shape index (κ2) is 5.41. The molecule has 1 rings (SSSR count). The molecule has 0 radical (unpaired) electrons. The summed E-state index contributed by atoms with van der Waals surface area (Å²) in [5.74, 6) is 0. The highest BCUT2D eigenvalue weighted by Gasteiger charge is 2.30. The highest BCUT2D eigenvalue weighted by Crippen LogP contribution is 2.26. The third kappa shape index (κ3) is 3.93. The van der Waals surface area contributed by atoms with Gasteiger partial charge >= 0.3 is 6.18 Å². The van der Waals surface area contributed by atoms with Gasteiger partial charge in [-0.2, -0.15) is 18.4 Å². The van der Waals surface area contributed by atoms with E-state index in [-0.39, 0.29) is 6.54 Å². The minimum atomic E-state index is -4.24. The van der Waals surface area contributed by atoms with Crippen molar-refractivity contribution in [3.05, 3.63) is 28.2 Å². The molecule has 17 heavy (non-hydrogen) atoms. The van der Waals surface area contributed by atoms with E-state index >= 15 is 0 Å².